The van der Waals surface area contributed by atoms with E-state index in [0.717, 1.165) is 5.56 Å². The maximum absolute atomic E-state index is 12.8. The Kier molecular flexibility index (Phi) is 4.72. The van der Waals surface area contributed by atoms with Gasteiger partial charge in [0.2, 0.25) is 11.8 Å². The summed E-state index contributed by atoms with van der Waals surface area (Å²) in [4.78, 5) is 48.9. The van der Waals surface area contributed by atoms with Gasteiger partial charge in [-0.3, -0.25) is 19.2 Å². The minimum atomic E-state index is -1.40. The molecule has 2 aliphatic carbocycles. The minimum Gasteiger partial charge on any atom is -0.481 e. The zero-order chi connectivity index (χ0) is 21.9. The number of rotatable bonds is 5. The van der Waals surface area contributed by atoms with Crippen LogP contribution in [0.2, 0.25) is 0 Å². The van der Waals surface area contributed by atoms with Crippen LogP contribution < -0.4 is 10.6 Å². The summed E-state index contributed by atoms with van der Waals surface area (Å²) in [5, 5.41) is 24.5. The smallest absolute Gasteiger partial charge is 0.308 e. The van der Waals surface area contributed by atoms with Crippen LogP contribution in [0.3, 0.4) is 0 Å². The Hall–Kier alpha value is -2.90. The van der Waals surface area contributed by atoms with Gasteiger partial charge >= 0.3 is 11.9 Å². The highest BCUT2D eigenvalue weighted by Crippen LogP contribution is 2.51. The highest BCUT2D eigenvalue weighted by Gasteiger charge is 2.63. The van der Waals surface area contributed by atoms with Crippen LogP contribution in [0.5, 0.6) is 0 Å². The van der Waals surface area contributed by atoms with Gasteiger partial charge in [0, 0.05) is 16.6 Å². The van der Waals surface area contributed by atoms with Crippen molar-refractivity contribution < 1.29 is 29.4 Å². The van der Waals surface area contributed by atoms with E-state index in [9.17, 15) is 29.4 Å². The first-order chi connectivity index (χ1) is 13.3. The molecule has 8 nitrogen and oxygen atoms in total. The van der Waals surface area contributed by atoms with Crippen molar-refractivity contribution in [3.05, 3.63) is 29.3 Å². The summed E-state index contributed by atoms with van der Waals surface area (Å²) in [6.07, 6.45) is 0. The lowest BCUT2D eigenvalue weighted by Gasteiger charge is -2.46. The van der Waals surface area contributed by atoms with Crippen LogP contribution in [0, 0.1) is 23.7 Å². The van der Waals surface area contributed by atoms with Gasteiger partial charge in [-0.05, 0) is 44.0 Å². The molecular formula is C21H26N2O6. The SMILES string of the molecule is CC(C)(C)NC(=O)C1C(C(=O)O)C(C(=O)Nc2ccc3c(c2)C3(C)C)C1C(=O)O. The Morgan fingerprint density at radius 2 is 1.38 bits per heavy atom. The molecule has 0 aliphatic heterocycles. The van der Waals surface area contributed by atoms with Gasteiger partial charge < -0.3 is 20.8 Å². The van der Waals surface area contributed by atoms with Gasteiger partial charge in [-0.1, -0.05) is 19.9 Å². The minimum absolute atomic E-state index is 0.0528. The topological polar surface area (TPSA) is 133 Å². The largest absolute Gasteiger partial charge is 0.481 e. The highest BCUT2D eigenvalue weighted by atomic mass is 16.4. The Morgan fingerprint density at radius 1 is 0.862 bits per heavy atom. The van der Waals surface area contributed by atoms with Crippen molar-refractivity contribution in [2.45, 2.75) is 45.6 Å². The van der Waals surface area contributed by atoms with Crippen LogP contribution in [-0.2, 0) is 24.6 Å². The molecule has 8 heteroatoms. The maximum atomic E-state index is 12.8. The predicted octanol–water partition coefficient (Wildman–Crippen LogP) is 1.83. The summed E-state index contributed by atoms with van der Waals surface area (Å²) in [6, 6.07) is 5.40. The monoisotopic (exact) mass is 402 g/mol. The predicted molar refractivity (Wildman–Crippen MR) is 104 cm³/mol. The summed E-state index contributed by atoms with van der Waals surface area (Å²) in [5.41, 5.74) is 2.02. The molecule has 0 heterocycles. The van der Waals surface area contributed by atoms with Crippen LogP contribution in [-0.4, -0.2) is 39.5 Å². The van der Waals surface area contributed by atoms with Crippen LogP contribution in [0.15, 0.2) is 18.2 Å². The van der Waals surface area contributed by atoms with Crippen LogP contribution in [0.4, 0.5) is 5.69 Å². The van der Waals surface area contributed by atoms with Crippen LogP contribution in [0.25, 0.3) is 0 Å². The molecular weight excluding hydrogens is 376 g/mol. The number of nitrogens with one attached hydrogen (secondary N) is 2. The highest BCUT2D eigenvalue weighted by molar-refractivity contribution is 6.04. The first-order valence-electron chi connectivity index (χ1n) is 9.49. The first-order valence-corrected chi connectivity index (χ1v) is 9.49. The Morgan fingerprint density at radius 3 is 1.83 bits per heavy atom. The molecule has 4 N–H and O–H groups in total. The van der Waals surface area contributed by atoms with Crippen molar-refractivity contribution >= 4 is 29.4 Å². The molecule has 2 atom stereocenters. The van der Waals surface area contributed by atoms with Crippen molar-refractivity contribution in [3.8, 4) is 0 Å². The number of aliphatic carboxylic acids is 2. The van der Waals surface area contributed by atoms with Gasteiger partial charge in [0.05, 0.1) is 23.7 Å². The molecule has 1 aromatic rings. The number of carboxylic acid groups (broad SMARTS) is 2. The fourth-order valence-electron chi connectivity index (χ4n) is 4.23. The second kappa shape index (κ2) is 6.57. The number of hydrogen-bond donors (Lipinski definition) is 4. The zero-order valence-electron chi connectivity index (χ0n) is 17.1. The van der Waals surface area contributed by atoms with Crippen molar-refractivity contribution in [2.75, 3.05) is 5.32 Å². The van der Waals surface area contributed by atoms with E-state index >= 15 is 0 Å². The molecule has 0 aromatic heterocycles. The number of carbonyl (C=O) groups is 4. The molecule has 3 rings (SSSR count). The van der Waals surface area contributed by atoms with Gasteiger partial charge in [-0.2, -0.15) is 0 Å². The summed E-state index contributed by atoms with van der Waals surface area (Å²) in [6.45, 7) is 9.24. The molecule has 2 aliphatic rings. The number of amides is 2. The third kappa shape index (κ3) is 3.59. The lowest BCUT2D eigenvalue weighted by Crippen LogP contribution is -2.64. The number of fused-ring (bicyclic) bond motifs is 1. The number of benzene rings is 1. The normalized spacial score (nSPS) is 26.5. The Bertz CT molecular complexity index is 892. The third-order valence-electron chi connectivity index (χ3n) is 5.79. The van der Waals surface area contributed by atoms with Crippen LogP contribution in [0.1, 0.15) is 45.7 Å². The fourth-order valence-corrected chi connectivity index (χ4v) is 4.23. The van der Waals surface area contributed by atoms with Crippen LogP contribution >= 0.6 is 0 Å². The van der Waals surface area contributed by atoms with Crippen molar-refractivity contribution in [3.63, 3.8) is 0 Å². The fraction of sp³-hybridized carbons (Fsp3) is 0.524. The van der Waals surface area contributed by atoms with E-state index in [1.807, 2.05) is 6.07 Å². The molecule has 1 aromatic carbocycles. The van der Waals surface area contributed by atoms with Gasteiger partial charge in [0.15, 0.2) is 0 Å². The number of hydrogen-bond acceptors (Lipinski definition) is 4. The van der Waals surface area contributed by atoms with Crippen molar-refractivity contribution in [1.29, 1.82) is 0 Å². The average molecular weight is 402 g/mol. The molecule has 1 saturated carbocycles. The zero-order valence-corrected chi connectivity index (χ0v) is 17.1. The molecule has 2 amide bonds. The standard InChI is InChI=1S/C21H26N2O6/c1-20(2,3)23-17(25)13-14(18(26)27)12(15(13)19(28)29)16(24)22-9-6-7-10-11(8-9)21(10,4)5/h6-8,12-15H,1-5H3,(H,22,24)(H,23,25)(H,26,27)(H,28,29). The summed E-state index contributed by atoms with van der Waals surface area (Å²) >= 11 is 0. The van der Waals surface area contributed by atoms with Gasteiger partial charge in [-0.15, -0.1) is 0 Å². The van der Waals surface area contributed by atoms with E-state index in [4.69, 9.17) is 0 Å². The number of anilines is 1. The van der Waals surface area contributed by atoms with E-state index in [0.29, 0.717) is 5.69 Å². The third-order valence-corrected chi connectivity index (χ3v) is 5.79. The summed E-state index contributed by atoms with van der Waals surface area (Å²) < 4.78 is 0. The van der Waals surface area contributed by atoms with Gasteiger partial charge in [0.1, 0.15) is 0 Å². The second-order valence-electron chi connectivity index (χ2n) is 9.39. The number of carboxylic acids is 2. The van der Waals surface area contributed by atoms with E-state index in [-0.39, 0.29) is 5.41 Å². The summed E-state index contributed by atoms with van der Waals surface area (Å²) in [5.74, 6) is -9.56. The van der Waals surface area contributed by atoms with E-state index in [1.165, 1.54) is 5.56 Å². The molecule has 0 bridgehead atoms. The molecule has 1 fully saturated rings. The summed E-state index contributed by atoms with van der Waals surface area (Å²) in [7, 11) is 0. The Balaban J connectivity index is 1.82. The first kappa shape index (κ1) is 20.8. The van der Waals surface area contributed by atoms with Gasteiger partial charge in [-0.25, -0.2) is 0 Å². The molecule has 0 spiro atoms. The van der Waals surface area contributed by atoms with Crippen molar-refractivity contribution in [2.24, 2.45) is 23.7 Å². The lowest BCUT2D eigenvalue weighted by molar-refractivity contribution is -0.180. The maximum Gasteiger partial charge on any atom is 0.308 e. The Labute approximate surface area is 168 Å². The molecule has 2 unspecified atom stereocenters. The average Bonchev–Trinajstić information content (AvgIpc) is 3.04. The van der Waals surface area contributed by atoms with Crippen molar-refractivity contribution in [1.82, 2.24) is 5.32 Å². The lowest BCUT2D eigenvalue weighted by atomic mass is 9.55. The number of carbonyl (C=O) groups excluding carboxylic acids is 2. The molecule has 0 radical (unpaired) electrons. The van der Waals surface area contributed by atoms with E-state index in [1.54, 1.807) is 32.9 Å². The van der Waals surface area contributed by atoms with Gasteiger partial charge in [0.25, 0.3) is 0 Å². The van der Waals surface area contributed by atoms with E-state index < -0.39 is 53.0 Å². The van der Waals surface area contributed by atoms with E-state index in [2.05, 4.69) is 24.5 Å². The molecule has 29 heavy (non-hydrogen) atoms. The molecule has 0 saturated heterocycles. The molecule has 156 valence electrons. The quantitative estimate of drug-likeness (QED) is 0.594. The second-order valence-corrected chi connectivity index (χ2v) is 9.39.